The van der Waals surface area contributed by atoms with Gasteiger partial charge in [0.15, 0.2) is 6.10 Å². The fourth-order valence-corrected chi connectivity index (χ4v) is 1.41. The average molecular weight is 289 g/mol. The lowest BCUT2D eigenvalue weighted by molar-refractivity contribution is -0.385. The van der Waals surface area contributed by atoms with Crippen LogP contribution in [0, 0.1) is 10.1 Å². The van der Waals surface area contributed by atoms with Crippen molar-refractivity contribution in [3.63, 3.8) is 0 Å². The SMILES string of the molecule is CC(Oc1ccc([N+](=O)[O-])cc1Br)C(N)=O. The van der Waals surface area contributed by atoms with Gasteiger partial charge in [0.1, 0.15) is 5.75 Å². The first-order valence-electron chi connectivity index (χ1n) is 4.31. The van der Waals surface area contributed by atoms with E-state index in [2.05, 4.69) is 15.9 Å². The summed E-state index contributed by atoms with van der Waals surface area (Å²) < 4.78 is 5.60. The summed E-state index contributed by atoms with van der Waals surface area (Å²) >= 11 is 3.11. The molecule has 1 unspecified atom stereocenters. The molecule has 0 fully saturated rings. The largest absolute Gasteiger partial charge is 0.480 e. The second-order valence-corrected chi connectivity index (χ2v) is 3.89. The fraction of sp³-hybridized carbons (Fsp3) is 0.222. The van der Waals surface area contributed by atoms with Gasteiger partial charge in [0.2, 0.25) is 0 Å². The third-order valence-corrected chi connectivity index (χ3v) is 2.45. The van der Waals surface area contributed by atoms with Crippen molar-refractivity contribution in [2.24, 2.45) is 5.73 Å². The molecule has 0 aliphatic carbocycles. The second-order valence-electron chi connectivity index (χ2n) is 3.03. The second kappa shape index (κ2) is 4.93. The van der Waals surface area contributed by atoms with Crippen LogP contribution in [-0.2, 0) is 4.79 Å². The molecule has 86 valence electrons. The van der Waals surface area contributed by atoms with Crippen molar-refractivity contribution in [3.05, 3.63) is 32.8 Å². The van der Waals surface area contributed by atoms with Crippen LogP contribution in [0.15, 0.2) is 22.7 Å². The quantitative estimate of drug-likeness (QED) is 0.672. The van der Waals surface area contributed by atoms with Crippen molar-refractivity contribution in [2.75, 3.05) is 0 Å². The Morgan fingerprint density at radius 3 is 2.69 bits per heavy atom. The molecule has 0 saturated heterocycles. The highest BCUT2D eigenvalue weighted by Gasteiger charge is 2.14. The number of nitro benzene ring substituents is 1. The van der Waals surface area contributed by atoms with E-state index in [9.17, 15) is 14.9 Å². The molecule has 0 radical (unpaired) electrons. The van der Waals surface area contributed by atoms with Gasteiger partial charge < -0.3 is 10.5 Å². The van der Waals surface area contributed by atoms with Crippen LogP contribution in [0.5, 0.6) is 5.75 Å². The Hall–Kier alpha value is -1.63. The summed E-state index contributed by atoms with van der Waals surface area (Å²) in [5.74, 6) is -0.276. The molecule has 0 bridgehead atoms. The predicted molar refractivity (Wildman–Crippen MR) is 60.1 cm³/mol. The van der Waals surface area contributed by atoms with Crippen LogP contribution in [0.1, 0.15) is 6.92 Å². The minimum Gasteiger partial charge on any atom is -0.480 e. The summed E-state index contributed by atoms with van der Waals surface area (Å²) in [5.41, 5.74) is 4.96. The van der Waals surface area contributed by atoms with Crippen molar-refractivity contribution in [1.29, 1.82) is 0 Å². The normalized spacial score (nSPS) is 11.9. The Kier molecular flexibility index (Phi) is 3.83. The van der Waals surface area contributed by atoms with Crippen LogP contribution >= 0.6 is 15.9 Å². The van der Waals surface area contributed by atoms with E-state index < -0.39 is 16.9 Å². The number of hydrogen-bond donors (Lipinski definition) is 1. The summed E-state index contributed by atoms with van der Waals surface area (Å²) in [6, 6.07) is 3.98. The first-order valence-corrected chi connectivity index (χ1v) is 5.11. The van der Waals surface area contributed by atoms with Crippen LogP contribution in [0.4, 0.5) is 5.69 Å². The summed E-state index contributed by atoms with van der Waals surface area (Å²) in [5, 5.41) is 10.5. The summed E-state index contributed by atoms with van der Waals surface area (Å²) in [6.07, 6.45) is -0.794. The molecule has 0 aromatic heterocycles. The molecule has 7 heteroatoms. The lowest BCUT2D eigenvalue weighted by Crippen LogP contribution is -2.30. The van der Waals surface area contributed by atoms with Crippen molar-refractivity contribution in [3.8, 4) is 5.75 Å². The van der Waals surface area contributed by atoms with E-state index >= 15 is 0 Å². The van der Waals surface area contributed by atoms with Crippen molar-refractivity contribution >= 4 is 27.5 Å². The highest BCUT2D eigenvalue weighted by molar-refractivity contribution is 9.10. The zero-order valence-electron chi connectivity index (χ0n) is 8.34. The molecule has 1 aromatic carbocycles. The maximum absolute atomic E-state index is 10.8. The average Bonchev–Trinajstić information content (AvgIpc) is 2.20. The van der Waals surface area contributed by atoms with E-state index in [1.807, 2.05) is 0 Å². The lowest BCUT2D eigenvalue weighted by atomic mass is 10.3. The molecule has 6 nitrogen and oxygen atoms in total. The van der Waals surface area contributed by atoms with Crippen LogP contribution in [0.25, 0.3) is 0 Å². The van der Waals surface area contributed by atoms with Gasteiger partial charge in [0, 0.05) is 12.1 Å². The molecular weight excluding hydrogens is 280 g/mol. The fourth-order valence-electron chi connectivity index (χ4n) is 0.947. The molecule has 1 atom stereocenters. The van der Waals surface area contributed by atoms with Gasteiger partial charge in [-0.2, -0.15) is 0 Å². The number of non-ortho nitro benzene ring substituents is 1. The molecule has 16 heavy (non-hydrogen) atoms. The van der Waals surface area contributed by atoms with E-state index in [1.165, 1.54) is 25.1 Å². The van der Waals surface area contributed by atoms with Crippen LogP contribution in [0.3, 0.4) is 0 Å². The van der Waals surface area contributed by atoms with Crippen molar-refractivity contribution < 1.29 is 14.5 Å². The summed E-state index contributed by atoms with van der Waals surface area (Å²) in [6.45, 7) is 1.50. The van der Waals surface area contributed by atoms with E-state index in [1.54, 1.807) is 0 Å². The molecule has 0 aliphatic rings. The lowest BCUT2D eigenvalue weighted by Gasteiger charge is -2.12. The van der Waals surface area contributed by atoms with Gasteiger partial charge in [0.05, 0.1) is 9.40 Å². The van der Waals surface area contributed by atoms with Gasteiger partial charge in [-0.25, -0.2) is 0 Å². The third kappa shape index (κ3) is 2.93. The highest BCUT2D eigenvalue weighted by atomic mass is 79.9. The molecule has 1 rings (SSSR count). The Balaban J connectivity index is 2.91. The van der Waals surface area contributed by atoms with Gasteiger partial charge in [-0.15, -0.1) is 0 Å². The number of hydrogen-bond acceptors (Lipinski definition) is 4. The van der Waals surface area contributed by atoms with Crippen molar-refractivity contribution in [1.82, 2.24) is 0 Å². The zero-order valence-corrected chi connectivity index (χ0v) is 9.93. The number of carbonyl (C=O) groups is 1. The molecule has 0 heterocycles. The number of rotatable bonds is 4. The Morgan fingerprint density at radius 1 is 1.62 bits per heavy atom. The Labute approximate surface area is 99.7 Å². The monoisotopic (exact) mass is 288 g/mol. The number of primary amides is 1. The number of amides is 1. The standard InChI is InChI=1S/C9H9BrN2O4/c1-5(9(11)13)16-8-3-2-6(12(14)15)4-7(8)10/h2-5H,1H3,(H2,11,13). The number of nitrogens with two attached hydrogens (primary N) is 1. The summed E-state index contributed by atoms with van der Waals surface area (Å²) in [4.78, 5) is 20.7. The highest BCUT2D eigenvalue weighted by Crippen LogP contribution is 2.29. The smallest absolute Gasteiger partial charge is 0.270 e. The number of nitro groups is 1. The minimum atomic E-state index is -0.794. The molecular formula is C9H9BrN2O4. The number of ether oxygens (including phenoxy) is 1. The van der Waals surface area contributed by atoms with E-state index in [-0.39, 0.29) is 5.69 Å². The van der Waals surface area contributed by atoms with Crippen LogP contribution in [-0.4, -0.2) is 16.9 Å². The summed E-state index contributed by atoms with van der Waals surface area (Å²) in [7, 11) is 0. The maximum Gasteiger partial charge on any atom is 0.270 e. The Bertz CT molecular complexity index is 436. The topological polar surface area (TPSA) is 95.5 Å². The molecule has 0 saturated carbocycles. The minimum absolute atomic E-state index is 0.0639. The van der Waals surface area contributed by atoms with Gasteiger partial charge in [-0.1, -0.05) is 0 Å². The molecule has 0 aliphatic heterocycles. The zero-order chi connectivity index (χ0) is 12.3. The van der Waals surface area contributed by atoms with Gasteiger partial charge >= 0.3 is 0 Å². The molecule has 0 spiro atoms. The third-order valence-electron chi connectivity index (χ3n) is 1.83. The molecule has 2 N–H and O–H groups in total. The Morgan fingerprint density at radius 2 is 2.25 bits per heavy atom. The number of benzene rings is 1. The molecule has 1 amide bonds. The first-order chi connectivity index (χ1) is 7.41. The van der Waals surface area contributed by atoms with Gasteiger partial charge in [-0.05, 0) is 28.9 Å². The number of carbonyl (C=O) groups excluding carboxylic acids is 1. The van der Waals surface area contributed by atoms with E-state index in [0.717, 1.165) is 0 Å². The van der Waals surface area contributed by atoms with Crippen molar-refractivity contribution in [2.45, 2.75) is 13.0 Å². The maximum atomic E-state index is 10.8. The van der Waals surface area contributed by atoms with Crippen LogP contribution in [0.2, 0.25) is 0 Å². The molecule has 1 aromatic rings. The first kappa shape index (κ1) is 12.4. The number of nitrogens with zero attached hydrogens (tertiary/aromatic N) is 1. The van der Waals surface area contributed by atoms with Crippen LogP contribution < -0.4 is 10.5 Å². The van der Waals surface area contributed by atoms with Gasteiger partial charge in [-0.3, -0.25) is 14.9 Å². The van der Waals surface area contributed by atoms with E-state index in [0.29, 0.717) is 10.2 Å². The number of halogens is 1. The van der Waals surface area contributed by atoms with Gasteiger partial charge in [0.25, 0.3) is 11.6 Å². The van der Waals surface area contributed by atoms with E-state index in [4.69, 9.17) is 10.5 Å². The predicted octanol–water partition coefficient (Wildman–Crippen LogP) is 1.61.